The van der Waals surface area contributed by atoms with Crippen molar-refractivity contribution in [3.63, 3.8) is 0 Å². The summed E-state index contributed by atoms with van der Waals surface area (Å²) in [6.45, 7) is 2.59. The van der Waals surface area contributed by atoms with Crippen molar-refractivity contribution >= 4 is 15.9 Å². The van der Waals surface area contributed by atoms with Crippen LogP contribution in [-0.2, 0) is 6.54 Å². The number of hydrogen-bond donors (Lipinski definition) is 2. The molecule has 0 amide bonds. The van der Waals surface area contributed by atoms with Crippen LogP contribution >= 0.6 is 15.9 Å². The standard InChI is InChI=1S/C16H17BrFNO2/c1-10(12-4-6-16(21-2)14(18)8-12)19-9-11-3-5-15(20)13(17)7-11/h3-8,10,19-20H,9H2,1-2H3. The molecule has 0 aliphatic carbocycles. The third kappa shape index (κ3) is 3.95. The van der Waals surface area contributed by atoms with E-state index in [1.165, 1.54) is 13.2 Å². The average molecular weight is 354 g/mol. The lowest BCUT2D eigenvalue weighted by Gasteiger charge is -2.15. The third-order valence-electron chi connectivity index (χ3n) is 3.30. The lowest BCUT2D eigenvalue weighted by molar-refractivity contribution is 0.385. The predicted molar refractivity (Wildman–Crippen MR) is 84.0 cm³/mol. The summed E-state index contributed by atoms with van der Waals surface area (Å²) in [5.74, 6) is 0.0912. The van der Waals surface area contributed by atoms with Gasteiger partial charge in [0.15, 0.2) is 11.6 Å². The fourth-order valence-corrected chi connectivity index (χ4v) is 2.43. The molecule has 0 bridgehead atoms. The summed E-state index contributed by atoms with van der Waals surface area (Å²) in [7, 11) is 1.45. The fraction of sp³-hybridized carbons (Fsp3) is 0.250. The van der Waals surface area contributed by atoms with Crippen LogP contribution in [0, 0.1) is 5.82 Å². The van der Waals surface area contributed by atoms with Crippen molar-refractivity contribution in [1.82, 2.24) is 5.32 Å². The van der Waals surface area contributed by atoms with Gasteiger partial charge in [0.2, 0.25) is 0 Å². The highest BCUT2D eigenvalue weighted by atomic mass is 79.9. The highest BCUT2D eigenvalue weighted by molar-refractivity contribution is 9.10. The van der Waals surface area contributed by atoms with Crippen molar-refractivity contribution in [2.75, 3.05) is 7.11 Å². The molecular weight excluding hydrogens is 337 g/mol. The Morgan fingerprint density at radius 2 is 2.05 bits per heavy atom. The molecular formula is C16H17BrFNO2. The number of methoxy groups -OCH3 is 1. The SMILES string of the molecule is COc1ccc(C(C)NCc2ccc(O)c(Br)c2)cc1F. The van der Waals surface area contributed by atoms with Crippen molar-refractivity contribution in [3.05, 3.63) is 57.8 Å². The van der Waals surface area contributed by atoms with Gasteiger partial charge in [-0.2, -0.15) is 0 Å². The molecule has 1 unspecified atom stereocenters. The molecule has 1 atom stereocenters. The number of phenols is 1. The maximum atomic E-state index is 13.7. The molecule has 0 saturated carbocycles. The molecule has 0 radical (unpaired) electrons. The normalized spacial score (nSPS) is 12.2. The molecule has 0 aliphatic heterocycles. The minimum atomic E-state index is -0.365. The van der Waals surface area contributed by atoms with Crippen LogP contribution in [0.2, 0.25) is 0 Å². The van der Waals surface area contributed by atoms with Gasteiger partial charge in [-0.15, -0.1) is 0 Å². The zero-order valence-corrected chi connectivity index (χ0v) is 13.4. The number of ether oxygens (including phenoxy) is 1. The van der Waals surface area contributed by atoms with Crippen LogP contribution in [0.25, 0.3) is 0 Å². The Labute approximate surface area is 131 Å². The zero-order valence-electron chi connectivity index (χ0n) is 11.9. The first kappa shape index (κ1) is 15.8. The van der Waals surface area contributed by atoms with Crippen molar-refractivity contribution in [2.45, 2.75) is 19.5 Å². The van der Waals surface area contributed by atoms with E-state index in [9.17, 15) is 9.50 Å². The number of rotatable bonds is 5. The first-order chi connectivity index (χ1) is 10.0. The summed E-state index contributed by atoms with van der Waals surface area (Å²) in [4.78, 5) is 0. The van der Waals surface area contributed by atoms with Gasteiger partial charge in [0, 0.05) is 12.6 Å². The van der Waals surface area contributed by atoms with E-state index in [1.807, 2.05) is 25.1 Å². The second kappa shape index (κ2) is 6.91. The predicted octanol–water partition coefficient (Wildman–Crippen LogP) is 4.15. The molecule has 0 aliphatic rings. The quantitative estimate of drug-likeness (QED) is 0.848. The molecule has 3 nitrogen and oxygen atoms in total. The molecule has 2 aromatic rings. The Bertz CT molecular complexity index is 634. The molecule has 0 heterocycles. The van der Waals surface area contributed by atoms with Crippen LogP contribution in [0.1, 0.15) is 24.1 Å². The highest BCUT2D eigenvalue weighted by Gasteiger charge is 2.09. The van der Waals surface area contributed by atoms with E-state index in [2.05, 4.69) is 21.2 Å². The Balaban J connectivity index is 2.02. The number of nitrogens with one attached hydrogen (secondary N) is 1. The molecule has 0 fully saturated rings. The first-order valence-electron chi connectivity index (χ1n) is 6.55. The van der Waals surface area contributed by atoms with Crippen LogP contribution in [0.5, 0.6) is 11.5 Å². The lowest BCUT2D eigenvalue weighted by Crippen LogP contribution is -2.18. The summed E-state index contributed by atoms with van der Waals surface area (Å²) in [6, 6.07) is 10.3. The maximum absolute atomic E-state index is 13.7. The molecule has 2 aromatic carbocycles. The summed E-state index contributed by atoms with van der Waals surface area (Å²) < 4.78 is 19.3. The molecule has 2 rings (SSSR count). The Hall–Kier alpha value is -1.59. The van der Waals surface area contributed by atoms with Crippen LogP contribution in [0.3, 0.4) is 0 Å². The van der Waals surface area contributed by atoms with Crippen LogP contribution < -0.4 is 10.1 Å². The van der Waals surface area contributed by atoms with Crippen LogP contribution in [0.4, 0.5) is 4.39 Å². The molecule has 0 spiro atoms. The number of benzene rings is 2. The van der Waals surface area contributed by atoms with Crippen molar-refractivity contribution in [2.24, 2.45) is 0 Å². The van der Waals surface area contributed by atoms with Gasteiger partial charge in [-0.1, -0.05) is 12.1 Å². The van der Waals surface area contributed by atoms with Gasteiger partial charge >= 0.3 is 0 Å². The number of aromatic hydroxyl groups is 1. The Morgan fingerprint density at radius 3 is 2.67 bits per heavy atom. The maximum Gasteiger partial charge on any atom is 0.165 e. The summed E-state index contributed by atoms with van der Waals surface area (Å²) >= 11 is 3.28. The molecule has 0 saturated heterocycles. The monoisotopic (exact) mass is 353 g/mol. The minimum absolute atomic E-state index is 0.00187. The number of phenolic OH excluding ortho intramolecular Hbond substituents is 1. The van der Waals surface area contributed by atoms with Crippen molar-refractivity contribution in [1.29, 1.82) is 0 Å². The van der Waals surface area contributed by atoms with Gasteiger partial charge in [0.1, 0.15) is 5.75 Å². The summed E-state index contributed by atoms with van der Waals surface area (Å²) in [5, 5.41) is 12.8. The molecule has 2 N–H and O–H groups in total. The summed E-state index contributed by atoms with van der Waals surface area (Å²) in [5.41, 5.74) is 1.88. The Kier molecular flexibility index (Phi) is 5.20. The second-order valence-corrected chi connectivity index (χ2v) is 5.64. The fourth-order valence-electron chi connectivity index (χ4n) is 2.00. The lowest BCUT2D eigenvalue weighted by atomic mass is 10.1. The summed E-state index contributed by atoms with van der Waals surface area (Å²) in [6.07, 6.45) is 0. The topological polar surface area (TPSA) is 41.5 Å². The van der Waals surface area contributed by atoms with E-state index in [-0.39, 0.29) is 23.4 Å². The van der Waals surface area contributed by atoms with Gasteiger partial charge in [0.25, 0.3) is 0 Å². The molecule has 5 heteroatoms. The van der Waals surface area contributed by atoms with E-state index in [0.717, 1.165) is 11.1 Å². The van der Waals surface area contributed by atoms with E-state index in [0.29, 0.717) is 11.0 Å². The van der Waals surface area contributed by atoms with Crippen molar-refractivity contribution < 1.29 is 14.2 Å². The molecule has 112 valence electrons. The largest absolute Gasteiger partial charge is 0.507 e. The van der Waals surface area contributed by atoms with Gasteiger partial charge in [-0.05, 0) is 58.2 Å². The minimum Gasteiger partial charge on any atom is -0.507 e. The van der Waals surface area contributed by atoms with E-state index >= 15 is 0 Å². The zero-order chi connectivity index (χ0) is 15.4. The van der Waals surface area contributed by atoms with E-state index < -0.39 is 0 Å². The van der Waals surface area contributed by atoms with Crippen LogP contribution in [0.15, 0.2) is 40.9 Å². The number of halogens is 2. The second-order valence-electron chi connectivity index (χ2n) is 4.78. The number of hydrogen-bond acceptors (Lipinski definition) is 3. The van der Waals surface area contributed by atoms with Crippen molar-refractivity contribution in [3.8, 4) is 11.5 Å². The van der Waals surface area contributed by atoms with E-state index in [4.69, 9.17) is 4.74 Å². The van der Waals surface area contributed by atoms with Gasteiger partial charge in [0.05, 0.1) is 11.6 Å². The van der Waals surface area contributed by atoms with E-state index in [1.54, 1.807) is 12.1 Å². The van der Waals surface area contributed by atoms with Crippen LogP contribution in [-0.4, -0.2) is 12.2 Å². The first-order valence-corrected chi connectivity index (χ1v) is 7.34. The third-order valence-corrected chi connectivity index (χ3v) is 3.94. The highest BCUT2D eigenvalue weighted by Crippen LogP contribution is 2.25. The van der Waals surface area contributed by atoms with Gasteiger partial charge < -0.3 is 15.2 Å². The van der Waals surface area contributed by atoms with Gasteiger partial charge in [-0.3, -0.25) is 0 Å². The Morgan fingerprint density at radius 1 is 1.29 bits per heavy atom. The smallest absolute Gasteiger partial charge is 0.165 e. The molecule has 0 aromatic heterocycles. The molecule has 21 heavy (non-hydrogen) atoms. The average Bonchev–Trinajstić information content (AvgIpc) is 2.48. The van der Waals surface area contributed by atoms with Gasteiger partial charge in [-0.25, -0.2) is 4.39 Å².